The number of amides is 1. The molecule has 11 heteroatoms. The average molecular weight is 402 g/mol. The summed E-state index contributed by atoms with van der Waals surface area (Å²) in [6, 6.07) is 7.02. The molecule has 1 atom stereocenters. The molecular weight excluding hydrogens is 380 g/mol. The quantitative estimate of drug-likeness (QED) is 0.540. The van der Waals surface area contributed by atoms with Crippen molar-refractivity contribution in [2.45, 2.75) is 6.10 Å². The van der Waals surface area contributed by atoms with Gasteiger partial charge in [-0.2, -0.15) is 18.8 Å². The molecule has 4 N–H and O–H groups in total. The van der Waals surface area contributed by atoms with E-state index >= 15 is 0 Å². The number of pyridine rings is 1. The summed E-state index contributed by atoms with van der Waals surface area (Å²) in [6.45, 7) is 2.75. The Hall–Kier alpha value is -2.94. The van der Waals surface area contributed by atoms with Gasteiger partial charge in [0.15, 0.2) is 11.5 Å². The van der Waals surface area contributed by atoms with Gasteiger partial charge in [0.25, 0.3) is 5.91 Å². The number of rotatable bonds is 6. The largest absolute Gasteiger partial charge is 0.380 e. The summed E-state index contributed by atoms with van der Waals surface area (Å²) < 4.78 is 5.66. The Bertz CT molecular complexity index is 834. The van der Waals surface area contributed by atoms with Crippen LogP contribution >= 0.6 is 13.5 Å². The van der Waals surface area contributed by atoms with Crippen molar-refractivity contribution in [3.05, 3.63) is 35.7 Å². The van der Waals surface area contributed by atoms with E-state index < -0.39 is 0 Å². The van der Waals surface area contributed by atoms with Gasteiger partial charge >= 0.3 is 0 Å². The number of nitrogens with zero attached hydrogens (tertiary/aromatic N) is 4. The monoisotopic (exact) mass is 402 g/mol. The van der Waals surface area contributed by atoms with Crippen LogP contribution in [0.2, 0.25) is 0 Å². The molecule has 3 heterocycles. The van der Waals surface area contributed by atoms with Crippen molar-refractivity contribution in [2.75, 3.05) is 43.9 Å². The summed E-state index contributed by atoms with van der Waals surface area (Å²) >= 11 is 0. The Morgan fingerprint density at radius 3 is 2.89 bits per heavy atom. The van der Waals surface area contributed by atoms with Gasteiger partial charge in [-0.25, -0.2) is 4.98 Å². The molecule has 0 aliphatic carbocycles. The molecule has 0 spiro atoms. The van der Waals surface area contributed by atoms with Gasteiger partial charge in [-0.1, -0.05) is 0 Å². The van der Waals surface area contributed by atoms with Crippen LogP contribution < -0.4 is 21.3 Å². The highest BCUT2D eigenvalue weighted by atomic mass is 32.1. The maximum atomic E-state index is 12.1. The van der Waals surface area contributed by atoms with Crippen LogP contribution in [0.1, 0.15) is 16.1 Å². The van der Waals surface area contributed by atoms with Crippen LogP contribution in [0, 0.1) is 11.3 Å². The van der Waals surface area contributed by atoms with Gasteiger partial charge in [0.2, 0.25) is 0 Å². The summed E-state index contributed by atoms with van der Waals surface area (Å²) in [6.07, 6.45) is 1.46. The van der Waals surface area contributed by atoms with E-state index in [0.717, 1.165) is 13.1 Å². The number of hydrogen-bond acceptors (Lipinski definition) is 9. The van der Waals surface area contributed by atoms with E-state index in [2.05, 4.69) is 36.4 Å². The number of carbonyl (C=O) groups excluding carboxylic acids is 1. The third-order valence-electron chi connectivity index (χ3n) is 3.91. The van der Waals surface area contributed by atoms with Crippen LogP contribution in [-0.4, -0.2) is 60.5 Å². The highest BCUT2D eigenvalue weighted by molar-refractivity contribution is 7.59. The summed E-state index contributed by atoms with van der Waals surface area (Å²) in [7, 11) is 1.54. The minimum Gasteiger partial charge on any atom is -0.380 e. The van der Waals surface area contributed by atoms with E-state index in [1.807, 2.05) is 6.07 Å². The fourth-order valence-electron chi connectivity index (χ4n) is 2.51. The first kappa shape index (κ1) is 21.4. The van der Waals surface area contributed by atoms with Crippen LogP contribution in [-0.2, 0) is 4.74 Å². The number of hydrogen-bond donors (Lipinski definition) is 4. The lowest BCUT2D eigenvalue weighted by Gasteiger charge is -2.24. The number of nitriles is 1. The van der Waals surface area contributed by atoms with Crippen LogP contribution in [0.3, 0.4) is 0 Å². The molecule has 148 valence electrons. The van der Waals surface area contributed by atoms with Gasteiger partial charge in [0.1, 0.15) is 11.9 Å². The lowest BCUT2D eigenvalue weighted by molar-refractivity contribution is 0.0372. The van der Waals surface area contributed by atoms with E-state index in [0.29, 0.717) is 36.0 Å². The smallest absolute Gasteiger partial charge is 0.273 e. The summed E-state index contributed by atoms with van der Waals surface area (Å²) in [5.41, 5.74) is 1.19. The molecule has 0 saturated carbocycles. The molecule has 3 rings (SSSR count). The molecular formula is C17H22N8O2S. The third-order valence-corrected chi connectivity index (χ3v) is 3.91. The fraction of sp³-hybridized carbons (Fsp3) is 0.353. The van der Waals surface area contributed by atoms with Crippen LogP contribution in [0.4, 0.5) is 17.3 Å². The number of aromatic nitrogens is 3. The summed E-state index contributed by atoms with van der Waals surface area (Å²) in [5.74, 6) is 0.600. The van der Waals surface area contributed by atoms with Crippen LogP contribution in [0.15, 0.2) is 24.4 Å². The Morgan fingerprint density at radius 2 is 2.25 bits per heavy atom. The van der Waals surface area contributed by atoms with Gasteiger partial charge in [0, 0.05) is 38.9 Å². The normalized spacial score (nSPS) is 15.6. The topological polar surface area (TPSA) is 137 Å². The molecule has 0 bridgehead atoms. The molecule has 1 aliphatic heterocycles. The second-order valence-electron chi connectivity index (χ2n) is 5.82. The summed E-state index contributed by atoms with van der Waals surface area (Å²) in [5, 5.41) is 28.9. The first-order valence-corrected chi connectivity index (χ1v) is 8.48. The lowest BCUT2D eigenvalue weighted by Crippen LogP contribution is -2.42. The standard InChI is InChI=1S/C17H20N8O2.H2S/c1-19-17(26)16-13(21-10-12-9-20-4-5-27-12)6-15(24-25-16)23-14-3-2-11(7-18)8-22-14;/h2-3,6,8,12,20H,4-5,9-10H2,1H3,(H,19,26)(H2,21,22,23,24);1H2/t12-;/m0./s1. The van der Waals surface area contributed by atoms with Crippen molar-refractivity contribution in [1.29, 1.82) is 5.26 Å². The first-order chi connectivity index (χ1) is 13.2. The van der Waals surface area contributed by atoms with Crippen molar-refractivity contribution in [3.63, 3.8) is 0 Å². The van der Waals surface area contributed by atoms with Crippen molar-refractivity contribution in [1.82, 2.24) is 25.8 Å². The van der Waals surface area contributed by atoms with E-state index in [4.69, 9.17) is 10.00 Å². The average Bonchev–Trinajstić information content (AvgIpc) is 2.73. The second-order valence-corrected chi connectivity index (χ2v) is 5.82. The van der Waals surface area contributed by atoms with E-state index in [-0.39, 0.29) is 31.2 Å². The lowest BCUT2D eigenvalue weighted by atomic mass is 10.2. The van der Waals surface area contributed by atoms with Gasteiger partial charge in [-0.3, -0.25) is 4.79 Å². The molecule has 1 amide bonds. The van der Waals surface area contributed by atoms with Crippen LogP contribution in [0.25, 0.3) is 0 Å². The molecule has 28 heavy (non-hydrogen) atoms. The second kappa shape index (κ2) is 10.4. The Labute approximate surface area is 169 Å². The van der Waals surface area contributed by atoms with Crippen molar-refractivity contribution in [2.24, 2.45) is 0 Å². The molecule has 1 saturated heterocycles. The van der Waals surface area contributed by atoms with E-state index in [1.54, 1.807) is 18.2 Å². The Balaban J connectivity index is 0.00000280. The number of ether oxygens (including phenoxy) is 1. The number of anilines is 3. The number of carbonyl (C=O) groups is 1. The Morgan fingerprint density at radius 1 is 1.39 bits per heavy atom. The van der Waals surface area contributed by atoms with Crippen LogP contribution in [0.5, 0.6) is 0 Å². The minimum atomic E-state index is -0.337. The predicted molar refractivity (Wildman–Crippen MR) is 109 cm³/mol. The highest BCUT2D eigenvalue weighted by Gasteiger charge is 2.17. The zero-order chi connectivity index (χ0) is 19.1. The highest BCUT2D eigenvalue weighted by Crippen LogP contribution is 2.19. The predicted octanol–water partition coefficient (Wildman–Crippen LogP) is 0.360. The molecule has 1 fully saturated rings. The molecule has 0 unspecified atom stereocenters. The molecule has 0 radical (unpaired) electrons. The molecule has 1 aliphatic rings. The van der Waals surface area contributed by atoms with Gasteiger partial charge in [-0.15, -0.1) is 10.2 Å². The zero-order valence-corrected chi connectivity index (χ0v) is 16.3. The SMILES string of the molecule is CNC(=O)c1nnc(Nc2ccc(C#N)cn2)cc1NC[C@@H]1CNCCO1.S. The molecule has 2 aromatic rings. The molecule has 10 nitrogen and oxygen atoms in total. The van der Waals surface area contributed by atoms with Gasteiger partial charge in [-0.05, 0) is 12.1 Å². The third kappa shape index (κ3) is 5.53. The summed E-state index contributed by atoms with van der Waals surface area (Å²) in [4.78, 5) is 16.2. The number of nitrogens with one attached hydrogen (secondary N) is 4. The van der Waals surface area contributed by atoms with Crippen molar-refractivity contribution >= 4 is 36.7 Å². The van der Waals surface area contributed by atoms with Gasteiger partial charge < -0.3 is 26.0 Å². The maximum absolute atomic E-state index is 12.1. The van der Waals surface area contributed by atoms with Gasteiger partial charge in [0.05, 0.1) is 24.0 Å². The Kier molecular flexibility index (Phi) is 7.94. The van der Waals surface area contributed by atoms with E-state index in [9.17, 15) is 4.79 Å². The first-order valence-electron chi connectivity index (χ1n) is 8.48. The van der Waals surface area contributed by atoms with Crippen molar-refractivity contribution < 1.29 is 9.53 Å². The molecule has 0 aromatic carbocycles. The number of morpholine rings is 1. The molecule has 2 aromatic heterocycles. The van der Waals surface area contributed by atoms with Crippen molar-refractivity contribution in [3.8, 4) is 6.07 Å². The fourth-order valence-corrected chi connectivity index (χ4v) is 2.51. The van der Waals surface area contributed by atoms with E-state index in [1.165, 1.54) is 13.2 Å². The zero-order valence-electron chi connectivity index (χ0n) is 15.3. The maximum Gasteiger partial charge on any atom is 0.273 e. The minimum absolute atomic E-state index is 0.